The van der Waals surface area contributed by atoms with E-state index in [1.165, 1.54) is 19.4 Å². The smallest absolute Gasteiger partial charge is 0.256 e. The number of carbonyl (C=O) groups excluding carboxylic acids is 1. The Bertz CT molecular complexity index is 548. The summed E-state index contributed by atoms with van der Waals surface area (Å²) in [6.45, 7) is 5.12. The van der Waals surface area contributed by atoms with Crippen molar-refractivity contribution in [2.24, 2.45) is 0 Å². The van der Waals surface area contributed by atoms with Gasteiger partial charge < -0.3 is 10.2 Å². The highest BCUT2D eigenvalue weighted by Crippen LogP contribution is 2.28. The van der Waals surface area contributed by atoms with Gasteiger partial charge in [-0.25, -0.2) is 0 Å². The summed E-state index contributed by atoms with van der Waals surface area (Å²) >= 11 is 6.08. The average Bonchev–Trinajstić information content (AvgIpc) is 2.92. The van der Waals surface area contributed by atoms with E-state index in [4.69, 9.17) is 11.6 Å². The molecule has 2 fully saturated rings. The molecule has 2 aliphatic heterocycles. The number of fused-ring (bicyclic) bond motifs is 1. The Morgan fingerprint density at radius 2 is 2.19 bits per heavy atom. The SMILES string of the molecule is CNc1ccc(Cl)cc1C(=O)N1CC2CCCN2CC1C. The van der Waals surface area contributed by atoms with E-state index >= 15 is 0 Å². The largest absolute Gasteiger partial charge is 0.387 e. The lowest BCUT2D eigenvalue weighted by Crippen LogP contribution is -2.56. The molecule has 2 atom stereocenters. The van der Waals surface area contributed by atoms with Gasteiger partial charge in [0.1, 0.15) is 0 Å². The van der Waals surface area contributed by atoms with E-state index in [0.717, 1.165) is 18.8 Å². The molecule has 1 aromatic carbocycles. The molecule has 0 aliphatic carbocycles. The summed E-state index contributed by atoms with van der Waals surface area (Å²) in [4.78, 5) is 17.5. The van der Waals surface area contributed by atoms with Crippen LogP contribution in [-0.2, 0) is 0 Å². The van der Waals surface area contributed by atoms with E-state index in [1.807, 2.05) is 24.1 Å². The van der Waals surface area contributed by atoms with Gasteiger partial charge in [-0.1, -0.05) is 11.6 Å². The molecular weight excluding hydrogens is 286 g/mol. The lowest BCUT2D eigenvalue weighted by Gasteiger charge is -2.42. The maximum absolute atomic E-state index is 12.9. The van der Waals surface area contributed by atoms with Crippen LogP contribution in [0, 0.1) is 0 Å². The number of amides is 1. The number of nitrogens with zero attached hydrogens (tertiary/aromatic N) is 2. The van der Waals surface area contributed by atoms with Crippen molar-refractivity contribution >= 4 is 23.2 Å². The number of rotatable bonds is 2. The summed E-state index contributed by atoms with van der Waals surface area (Å²) in [7, 11) is 1.83. The zero-order valence-corrected chi connectivity index (χ0v) is 13.4. The fraction of sp³-hybridized carbons (Fsp3) is 0.562. The molecule has 0 radical (unpaired) electrons. The van der Waals surface area contributed by atoms with Crippen molar-refractivity contribution in [1.29, 1.82) is 0 Å². The van der Waals surface area contributed by atoms with Crippen LogP contribution in [0.3, 0.4) is 0 Å². The van der Waals surface area contributed by atoms with E-state index < -0.39 is 0 Å². The highest BCUT2D eigenvalue weighted by Gasteiger charge is 2.37. The molecule has 21 heavy (non-hydrogen) atoms. The quantitative estimate of drug-likeness (QED) is 0.912. The molecule has 1 N–H and O–H groups in total. The number of anilines is 1. The van der Waals surface area contributed by atoms with E-state index in [-0.39, 0.29) is 11.9 Å². The molecule has 2 aliphatic rings. The predicted molar refractivity (Wildman–Crippen MR) is 86.1 cm³/mol. The predicted octanol–water partition coefficient (Wildman–Crippen LogP) is 2.69. The number of halogens is 1. The third-order valence-corrected chi connectivity index (χ3v) is 4.91. The highest BCUT2D eigenvalue weighted by molar-refractivity contribution is 6.31. The standard InChI is InChI=1S/C16H22ClN3O/c1-11-9-19-7-3-4-13(19)10-20(11)16(21)14-8-12(17)5-6-15(14)18-2/h5-6,8,11,13,18H,3-4,7,9-10H2,1-2H3. The summed E-state index contributed by atoms with van der Waals surface area (Å²) < 4.78 is 0. The first-order valence-corrected chi connectivity index (χ1v) is 8.00. The van der Waals surface area contributed by atoms with Crippen molar-refractivity contribution in [1.82, 2.24) is 9.80 Å². The average molecular weight is 308 g/mol. The van der Waals surface area contributed by atoms with Crippen LogP contribution >= 0.6 is 11.6 Å². The fourth-order valence-corrected chi connectivity index (χ4v) is 3.71. The highest BCUT2D eigenvalue weighted by atomic mass is 35.5. The third kappa shape index (κ3) is 2.74. The Labute approximate surface area is 131 Å². The Morgan fingerprint density at radius 3 is 2.95 bits per heavy atom. The molecule has 0 aromatic heterocycles. The molecule has 114 valence electrons. The molecule has 2 saturated heterocycles. The van der Waals surface area contributed by atoms with Crippen molar-refractivity contribution in [3.63, 3.8) is 0 Å². The van der Waals surface area contributed by atoms with E-state index in [2.05, 4.69) is 17.1 Å². The third-order valence-electron chi connectivity index (χ3n) is 4.68. The normalized spacial score (nSPS) is 25.8. The summed E-state index contributed by atoms with van der Waals surface area (Å²) in [6, 6.07) is 6.22. The van der Waals surface area contributed by atoms with Crippen LogP contribution in [0.25, 0.3) is 0 Å². The summed E-state index contributed by atoms with van der Waals surface area (Å²) in [6.07, 6.45) is 2.45. The van der Waals surface area contributed by atoms with Gasteiger partial charge in [-0.15, -0.1) is 0 Å². The number of nitrogens with one attached hydrogen (secondary N) is 1. The Balaban J connectivity index is 1.86. The van der Waals surface area contributed by atoms with Gasteiger partial charge in [-0.05, 0) is 44.5 Å². The topological polar surface area (TPSA) is 35.6 Å². The summed E-state index contributed by atoms with van der Waals surface area (Å²) in [5.41, 5.74) is 1.51. The van der Waals surface area contributed by atoms with Crippen LogP contribution in [0.5, 0.6) is 0 Å². The minimum atomic E-state index is 0.0842. The van der Waals surface area contributed by atoms with Crippen molar-refractivity contribution in [2.75, 3.05) is 32.0 Å². The van der Waals surface area contributed by atoms with Crippen LogP contribution in [0.1, 0.15) is 30.1 Å². The second kappa shape index (κ2) is 5.85. The summed E-state index contributed by atoms with van der Waals surface area (Å²) in [5.74, 6) is 0.0842. The van der Waals surface area contributed by atoms with Crippen LogP contribution in [0.4, 0.5) is 5.69 Å². The molecule has 1 aromatic rings. The van der Waals surface area contributed by atoms with Crippen molar-refractivity contribution in [2.45, 2.75) is 31.8 Å². The Hall–Kier alpha value is -1.26. The molecule has 0 spiro atoms. The van der Waals surface area contributed by atoms with Gasteiger partial charge in [-0.2, -0.15) is 0 Å². The monoisotopic (exact) mass is 307 g/mol. The van der Waals surface area contributed by atoms with Gasteiger partial charge in [0, 0.05) is 42.9 Å². The first kappa shape index (κ1) is 14.7. The second-order valence-electron chi connectivity index (χ2n) is 6.04. The van der Waals surface area contributed by atoms with Crippen molar-refractivity contribution < 1.29 is 4.79 Å². The van der Waals surface area contributed by atoms with E-state index in [9.17, 15) is 4.79 Å². The zero-order chi connectivity index (χ0) is 15.0. The number of benzene rings is 1. The van der Waals surface area contributed by atoms with Crippen LogP contribution in [0.2, 0.25) is 5.02 Å². The van der Waals surface area contributed by atoms with Gasteiger partial charge in [0.05, 0.1) is 5.56 Å². The van der Waals surface area contributed by atoms with Crippen molar-refractivity contribution in [3.8, 4) is 0 Å². The molecule has 3 rings (SSSR count). The fourth-order valence-electron chi connectivity index (χ4n) is 3.54. The van der Waals surface area contributed by atoms with Gasteiger partial charge in [0.15, 0.2) is 0 Å². The lowest BCUT2D eigenvalue weighted by atomic mass is 10.0. The van der Waals surface area contributed by atoms with Crippen LogP contribution in [0.15, 0.2) is 18.2 Å². The van der Waals surface area contributed by atoms with Gasteiger partial charge >= 0.3 is 0 Å². The van der Waals surface area contributed by atoms with E-state index in [0.29, 0.717) is 16.6 Å². The molecule has 2 unspecified atom stereocenters. The van der Waals surface area contributed by atoms with Crippen LogP contribution in [-0.4, -0.2) is 54.5 Å². The summed E-state index contributed by atoms with van der Waals surface area (Å²) in [5, 5.41) is 3.69. The first-order valence-electron chi connectivity index (χ1n) is 7.62. The number of hydrogen-bond donors (Lipinski definition) is 1. The molecule has 0 saturated carbocycles. The zero-order valence-electron chi connectivity index (χ0n) is 12.6. The molecule has 5 heteroatoms. The lowest BCUT2D eigenvalue weighted by molar-refractivity contribution is 0.0396. The maximum atomic E-state index is 12.9. The molecule has 2 heterocycles. The molecule has 4 nitrogen and oxygen atoms in total. The molecule has 1 amide bonds. The Kier molecular flexibility index (Phi) is 4.09. The van der Waals surface area contributed by atoms with Gasteiger partial charge in [0.25, 0.3) is 5.91 Å². The molecular formula is C16H22ClN3O. The second-order valence-corrected chi connectivity index (χ2v) is 6.47. The number of hydrogen-bond acceptors (Lipinski definition) is 3. The molecule has 0 bridgehead atoms. The first-order chi connectivity index (χ1) is 10.1. The minimum absolute atomic E-state index is 0.0842. The van der Waals surface area contributed by atoms with Crippen molar-refractivity contribution in [3.05, 3.63) is 28.8 Å². The van der Waals surface area contributed by atoms with E-state index in [1.54, 1.807) is 6.07 Å². The van der Waals surface area contributed by atoms with Gasteiger partial charge in [-0.3, -0.25) is 9.69 Å². The number of piperazine rings is 1. The van der Waals surface area contributed by atoms with Gasteiger partial charge in [0.2, 0.25) is 0 Å². The minimum Gasteiger partial charge on any atom is -0.387 e. The number of carbonyl (C=O) groups is 1. The Morgan fingerprint density at radius 1 is 1.38 bits per heavy atom. The maximum Gasteiger partial charge on any atom is 0.256 e. The van der Waals surface area contributed by atoms with Crippen LogP contribution < -0.4 is 5.32 Å².